The Balaban J connectivity index is 2.13. The maximum Gasteiger partial charge on any atom is 0.303 e. The quantitative estimate of drug-likeness (QED) is 0.841. The van der Waals surface area contributed by atoms with Crippen molar-refractivity contribution in [1.82, 2.24) is 9.55 Å². The number of hydrogen-bond donors (Lipinski definition) is 1. The van der Waals surface area contributed by atoms with Crippen LogP contribution in [0.15, 0.2) is 24.5 Å². The molecule has 0 aliphatic carbocycles. The van der Waals surface area contributed by atoms with E-state index in [0.717, 1.165) is 10.8 Å². The molecule has 0 fully saturated rings. The molecule has 0 aliphatic heterocycles. The summed E-state index contributed by atoms with van der Waals surface area (Å²) in [5.41, 5.74) is 0. The summed E-state index contributed by atoms with van der Waals surface area (Å²) in [7, 11) is 0. The van der Waals surface area contributed by atoms with Gasteiger partial charge in [0.2, 0.25) is 0 Å². The highest BCUT2D eigenvalue weighted by atomic mass is 32.1. The van der Waals surface area contributed by atoms with Crippen LogP contribution in [0.1, 0.15) is 28.3 Å². The van der Waals surface area contributed by atoms with Gasteiger partial charge in [0.25, 0.3) is 0 Å². The SMILES string of the molecule is Cc1nccn1-c1ccc(C(=O)CCC(=O)O)s1. The van der Waals surface area contributed by atoms with Gasteiger partial charge in [-0.05, 0) is 19.1 Å². The van der Waals surface area contributed by atoms with Crippen LogP contribution in [0.3, 0.4) is 0 Å². The number of aliphatic carboxylic acids is 1. The third kappa shape index (κ3) is 2.65. The summed E-state index contributed by atoms with van der Waals surface area (Å²) in [4.78, 5) is 26.8. The van der Waals surface area contributed by atoms with Gasteiger partial charge in [-0.2, -0.15) is 0 Å². The van der Waals surface area contributed by atoms with Crippen molar-refractivity contribution in [2.45, 2.75) is 19.8 Å². The van der Waals surface area contributed by atoms with Crippen LogP contribution in [0.4, 0.5) is 0 Å². The van der Waals surface area contributed by atoms with Crippen LogP contribution >= 0.6 is 11.3 Å². The van der Waals surface area contributed by atoms with Gasteiger partial charge < -0.3 is 5.11 Å². The van der Waals surface area contributed by atoms with Gasteiger partial charge in [-0.25, -0.2) is 4.98 Å². The molecule has 2 rings (SSSR count). The molecule has 0 atom stereocenters. The number of aryl methyl sites for hydroxylation is 1. The number of carbonyl (C=O) groups excluding carboxylic acids is 1. The molecule has 0 radical (unpaired) electrons. The predicted octanol–water partition coefficient (Wildman–Crippen LogP) is 2.29. The molecule has 0 unspecified atom stereocenters. The Bertz CT molecular complexity index is 586. The summed E-state index contributed by atoms with van der Waals surface area (Å²) < 4.78 is 1.89. The van der Waals surface area contributed by atoms with E-state index in [1.54, 1.807) is 12.3 Å². The summed E-state index contributed by atoms with van der Waals surface area (Å²) in [5.74, 6) is -0.238. The van der Waals surface area contributed by atoms with Crippen LogP contribution in [0.25, 0.3) is 5.00 Å². The number of nitrogens with zero attached hydrogens (tertiary/aromatic N) is 2. The van der Waals surface area contributed by atoms with Crippen molar-refractivity contribution in [1.29, 1.82) is 0 Å². The minimum absolute atomic E-state index is 0.0399. The Hall–Kier alpha value is -1.95. The minimum Gasteiger partial charge on any atom is -0.481 e. The molecule has 0 saturated carbocycles. The van der Waals surface area contributed by atoms with E-state index in [1.807, 2.05) is 23.8 Å². The zero-order valence-corrected chi connectivity index (χ0v) is 10.6. The number of ketones is 1. The lowest BCUT2D eigenvalue weighted by Crippen LogP contribution is -2.01. The highest BCUT2D eigenvalue weighted by Crippen LogP contribution is 2.23. The van der Waals surface area contributed by atoms with E-state index in [-0.39, 0.29) is 18.6 Å². The van der Waals surface area contributed by atoms with E-state index in [4.69, 9.17) is 5.11 Å². The molecule has 6 heteroatoms. The average Bonchev–Trinajstić information content (AvgIpc) is 2.93. The van der Waals surface area contributed by atoms with Crippen molar-refractivity contribution in [3.05, 3.63) is 35.2 Å². The lowest BCUT2D eigenvalue weighted by molar-refractivity contribution is -0.136. The van der Waals surface area contributed by atoms with Crippen LogP contribution < -0.4 is 0 Å². The molecule has 18 heavy (non-hydrogen) atoms. The fraction of sp³-hybridized carbons (Fsp3) is 0.250. The maximum absolute atomic E-state index is 11.7. The van der Waals surface area contributed by atoms with Gasteiger partial charge in [0.1, 0.15) is 10.8 Å². The lowest BCUT2D eigenvalue weighted by Gasteiger charge is -1.99. The summed E-state index contributed by atoms with van der Waals surface area (Å²) >= 11 is 1.35. The Morgan fingerprint density at radius 2 is 2.17 bits per heavy atom. The van der Waals surface area contributed by atoms with E-state index in [2.05, 4.69) is 4.98 Å². The van der Waals surface area contributed by atoms with E-state index >= 15 is 0 Å². The molecular formula is C12H12N2O3S. The van der Waals surface area contributed by atoms with Crippen molar-refractivity contribution < 1.29 is 14.7 Å². The molecule has 2 aromatic rings. The normalized spacial score (nSPS) is 10.5. The number of imidazole rings is 1. The van der Waals surface area contributed by atoms with E-state index in [1.165, 1.54) is 11.3 Å². The van der Waals surface area contributed by atoms with E-state index in [9.17, 15) is 9.59 Å². The van der Waals surface area contributed by atoms with Crippen LogP contribution in [-0.2, 0) is 4.79 Å². The van der Waals surface area contributed by atoms with Crippen LogP contribution in [-0.4, -0.2) is 26.4 Å². The van der Waals surface area contributed by atoms with Crippen molar-refractivity contribution in [2.75, 3.05) is 0 Å². The molecule has 0 saturated heterocycles. The monoisotopic (exact) mass is 264 g/mol. The van der Waals surface area contributed by atoms with Gasteiger partial charge in [-0.1, -0.05) is 0 Å². The summed E-state index contributed by atoms with van der Waals surface area (Å²) in [6.07, 6.45) is 3.43. The van der Waals surface area contributed by atoms with Crippen molar-refractivity contribution in [3.8, 4) is 5.00 Å². The topological polar surface area (TPSA) is 72.2 Å². The fourth-order valence-corrected chi connectivity index (χ4v) is 2.57. The van der Waals surface area contributed by atoms with Gasteiger partial charge in [0.15, 0.2) is 5.78 Å². The number of thiophene rings is 1. The zero-order chi connectivity index (χ0) is 13.1. The fourth-order valence-electron chi connectivity index (χ4n) is 1.56. The molecule has 0 aliphatic rings. The third-order valence-electron chi connectivity index (χ3n) is 2.50. The largest absolute Gasteiger partial charge is 0.481 e. The maximum atomic E-state index is 11.7. The Morgan fingerprint density at radius 1 is 1.39 bits per heavy atom. The lowest BCUT2D eigenvalue weighted by atomic mass is 10.2. The average molecular weight is 264 g/mol. The van der Waals surface area contributed by atoms with Gasteiger partial charge in [0.05, 0.1) is 11.3 Å². The number of aromatic nitrogens is 2. The third-order valence-corrected chi connectivity index (χ3v) is 3.62. The Labute approximate surface area is 108 Å². The standard InChI is InChI=1S/C12H12N2O3S/c1-8-13-6-7-14(8)11-4-3-10(18-11)9(15)2-5-12(16)17/h3-4,6-7H,2,5H2,1H3,(H,16,17). The number of carboxylic acids is 1. The first kappa shape index (κ1) is 12.5. The molecule has 0 amide bonds. The van der Waals surface area contributed by atoms with Gasteiger partial charge >= 0.3 is 5.97 Å². The molecule has 2 aromatic heterocycles. The first-order valence-corrected chi connectivity index (χ1v) is 6.24. The highest BCUT2D eigenvalue weighted by Gasteiger charge is 2.12. The second kappa shape index (κ2) is 5.14. The molecule has 0 spiro atoms. The number of Topliss-reactive ketones (excluding diaryl/α,β-unsaturated/α-hetero) is 1. The molecule has 0 aromatic carbocycles. The molecule has 2 heterocycles. The van der Waals surface area contributed by atoms with E-state index < -0.39 is 5.97 Å². The minimum atomic E-state index is -0.953. The van der Waals surface area contributed by atoms with Crippen molar-refractivity contribution >= 4 is 23.1 Å². The Morgan fingerprint density at radius 3 is 2.78 bits per heavy atom. The van der Waals surface area contributed by atoms with E-state index in [0.29, 0.717) is 4.88 Å². The predicted molar refractivity (Wildman–Crippen MR) is 67.4 cm³/mol. The zero-order valence-electron chi connectivity index (χ0n) is 9.79. The molecule has 0 bridgehead atoms. The summed E-state index contributed by atoms with van der Waals surface area (Å²) in [5, 5.41) is 9.45. The van der Waals surface area contributed by atoms with Crippen molar-refractivity contribution in [2.24, 2.45) is 0 Å². The molecule has 94 valence electrons. The van der Waals surface area contributed by atoms with Gasteiger partial charge in [-0.15, -0.1) is 11.3 Å². The first-order valence-electron chi connectivity index (χ1n) is 5.43. The smallest absolute Gasteiger partial charge is 0.303 e. The summed E-state index contributed by atoms with van der Waals surface area (Å²) in [6, 6.07) is 3.57. The first-order chi connectivity index (χ1) is 8.58. The van der Waals surface area contributed by atoms with Gasteiger partial charge in [0, 0.05) is 18.8 Å². The number of rotatable bonds is 5. The molecular weight excluding hydrogens is 252 g/mol. The summed E-state index contributed by atoms with van der Waals surface area (Å²) in [6.45, 7) is 1.88. The van der Waals surface area contributed by atoms with Crippen LogP contribution in [0.2, 0.25) is 0 Å². The number of carboxylic acid groups (broad SMARTS) is 1. The van der Waals surface area contributed by atoms with Crippen LogP contribution in [0, 0.1) is 6.92 Å². The molecule has 1 N–H and O–H groups in total. The van der Waals surface area contributed by atoms with Gasteiger partial charge in [-0.3, -0.25) is 14.2 Å². The second-order valence-corrected chi connectivity index (χ2v) is 4.86. The number of carbonyl (C=O) groups is 2. The second-order valence-electron chi connectivity index (χ2n) is 3.80. The highest BCUT2D eigenvalue weighted by molar-refractivity contribution is 7.16. The molecule has 5 nitrogen and oxygen atoms in total. The number of hydrogen-bond acceptors (Lipinski definition) is 4. The van der Waals surface area contributed by atoms with Crippen LogP contribution in [0.5, 0.6) is 0 Å². The Kier molecular flexibility index (Phi) is 3.57. The van der Waals surface area contributed by atoms with Crippen molar-refractivity contribution in [3.63, 3.8) is 0 Å².